The summed E-state index contributed by atoms with van der Waals surface area (Å²) in [6, 6.07) is 5.19. The summed E-state index contributed by atoms with van der Waals surface area (Å²) in [5.74, 6) is -0.773. The zero-order chi connectivity index (χ0) is 23.3. The summed E-state index contributed by atoms with van der Waals surface area (Å²) in [5, 5.41) is 5.26. The van der Waals surface area contributed by atoms with Gasteiger partial charge in [-0.2, -0.15) is 0 Å². The van der Waals surface area contributed by atoms with Gasteiger partial charge in [-0.05, 0) is 39.3 Å². The molecule has 0 saturated heterocycles. The number of Topliss-reactive ketones (excluding diaryl/α,β-unsaturated/α-hetero) is 1. The first-order chi connectivity index (χ1) is 14.4. The lowest BCUT2D eigenvalue weighted by atomic mass is 10.1. The Labute approximate surface area is 179 Å². The van der Waals surface area contributed by atoms with Gasteiger partial charge in [0, 0.05) is 20.5 Å². The van der Waals surface area contributed by atoms with Crippen LogP contribution in [0.1, 0.15) is 33.6 Å². The van der Waals surface area contributed by atoms with E-state index in [2.05, 4.69) is 10.4 Å². The number of rotatable bonds is 7. The second kappa shape index (κ2) is 9.59. The van der Waals surface area contributed by atoms with Crippen molar-refractivity contribution < 1.29 is 19.1 Å². The van der Waals surface area contributed by atoms with Crippen molar-refractivity contribution in [1.82, 2.24) is 20.0 Å². The highest BCUT2D eigenvalue weighted by molar-refractivity contribution is 5.88. The fraction of sp³-hybridized carbons (Fsp3) is 0.476. The predicted molar refractivity (Wildman–Crippen MR) is 115 cm³/mol. The van der Waals surface area contributed by atoms with Gasteiger partial charge in [-0.1, -0.05) is 12.1 Å². The van der Waals surface area contributed by atoms with Crippen LogP contribution in [0.15, 0.2) is 33.9 Å². The molecule has 2 N–H and O–H groups in total. The lowest BCUT2D eigenvalue weighted by Gasteiger charge is -2.23. The van der Waals surface area contributed by atoms with Crippen LogP contribution in [-0.2, 0) is 20.9 Å². The first-order valence-corrected chi connectivity index (χ1v) is 9.83. The number of carbonyl (C=O) groups excluding carboxylic acids is 3. The Morgan fingerprint density at radius 2 is 1.74 bits per heavy atom. The van der Waals surface area contributed by atoms with Crippen LogP contribution in [0.3, 0.4) is 0 Å². The molecule has 10 nitrogen and oxygen atoms in total. The summed E-state index contributed by atoms with van der Waals surface area (Å²) in [6.45, 7) is 4.56. The predicted octanol–water partition coefficient (Wildman–Crippen LogP) is 1.02. The smallest absolute Gasteiger partial charge is 0.408 e. The maximum Gasteiger partial charge on any atom is 0.408 e. The Kier molecular flexibility index (Phi) is 7.37. The second-order valence-corrected chi connectivity index (χ2v) is 8.37. The van der Waals surface area contributed by atoms with Crippen molar-refractivity contribution in [3.05, 3.63) is 45.0 Å². The largest absolute Gasteiger partial charge is 0.444 e. The van der Waals surface area contributed by atoms with E-state index in [9.17, 15) is 24.0 Å². The highest BCUT2D eigenvalue weighted by Crippen LogP contribution is 2.09. The highest BCUT2D eigenvalue weighted by atomic mass is 16.6. The lowest BCUT2D eigenvalue weighted by Crippen LogP contribution is -2.46. The summed E-state index contributed by atoms with van der Waals surface area (Å²) in [6.07, 6.45) is -0.799. The summed E-state index contributed by atoms with van der Waals surface area (Å²) in [5.41, 5.74) is -1.83. The van der Waals surface area contributed by atoms with E-state index in [4.69, 9.17) is 4.74 Å². The monoisotopic (exact) mass is 432 g/mol. The summed E-state index contributed by atoms with van der Waals surface area (Å²) in [7, 11) is 3.17. The van der Waals surface area contributed by atoms with Gasteiger partial charge in [0.25, 0.3) is 11.1 Å². The minimum absolute atomic E-state index is 0.00232. The van der Waals surface area contributed by atoms with Gasteiger partial charge in [0.05, 0.1) is 16.8 Å². The number of ether oxygens (including phenoxy) is 1. The number of ketones is 1. The average Bonchev–Trinajstić information content (AvgIpc) is 2.67. The molecule has 2 aromatic rings. The third-order valence-corrected chi connectivity index (χ3v) is 4.42. The molecule has 2 rings (SSSR count). The number of amides is 2. The zero-order valence-electron chi connectivity index (χ0n) is 18.4. The van der Waals surface area contributed by atoms with Crippen LogP contribution in [0.5, 0.6) is 0 Å². The molecule has 0 unspecified atom stereocenters. The molecule has 10 heteroatoms. The lowest BCUT2D eigenvalue weighted by molar-refractivity contribution is -0.129. The molecule has 0 aliphatic carbocycles. The Bertz CT molecular complexity index is 1090. The Morgan fingerprint density at radius 1 is 1.13 bits per heavy atom. The fourth-order valence-corrected chi connectivity index (χ4v) is 2.88. The number of alkyl carbamates (subject to hydrolysis) is 1. The molecule has 0 bridgehead atoms. The molecule has 1 aromatic carbocycles. The summed E-state index contributed by atoms with van der Waals surface area (Å²) in [4.78, 5) is 63.4. The molecule has 2 amide bonds. The maximum absolute atomic E-state index is 12.9. The number of aromatic amines is 1. The van der Waals surface area contributed by atoms with E-state index in [0.717, 1.165) is 4.68 Å². The third kappa shape index (κ3) is 6.53. The number of carbonyl (C=O) groups is 3. The molecule has 1 heterocycles. The quantitative estimate of drug-likeness (QED) is 0.672. The van der Waals surface area contributed by atoms with E-state index in [1.165, 1.54) is 17.0 Å². The molecule has 0 aliphatic heterocycles. The van der Waals surface area contributed by atoms with Gasteiger partial charge in [0.2, 0.25) is 5.91 Å². The zero-order valence-corrected chi connectivity index (χ0v) is 18.4. The fourth-order valence-electron chi connectivity index (χ4n) is 2.88. The van der Waals surface area contributed by atoms with E-state index in [0.29, 0.717) is 0 Å². The number of fused-ring (bicyclic) bond motifs is 1. The van der Waals surface area contributed by atoms with Gasteiger partial charge >= 0.3 is 6.09 Å². The Balaban J connectivity index is 2.27. The number of benzene rings is 1. The van der Waals surface area contributed by atoms with Gasteiger partial charge in [-0.3, -0.25) is 24.3 Å². The SMILES string of the molecule is CN(C)C(=O)CC[C@H](NC(=O)OC(C)(C)C)C(=O)Cn1[nH]c(=O)c2ccccc2c1=O. The molecule has 0 spiro atoms. The number of H-pyrrole nitrogens is 1. The molecule has 1 atom stereocenters. The van der Waals surface area contributed by atoms with Crippen molar-refractivity contribution in [2.45, 2.75) is 51.8 Å². The molecular weight excluding hydrogens is 404 g/mol. The van der Waals surface area contributed by atoms with Crippen molar-refractivity contribution in [3.63, 3.8) is 0 Å². The molecule has 0 aliphatic rings. The molecule has 0 fully saturated rings. The summed E-state index contributed by atoms with van der Waals surface area (Å²) < 4.78 is 6.11. The molecule has 0 radical (unpaired) electrons. The molecule has 0 saturated carbocycles. The van der Waals surface area contributed by atoms with Gasteiger partial charge in [-0.15, -0.1) is 0 Å². The normalized spacial score (nSPS) is 12.3. The van der Waals surface area contributed by atoms with E-state index in [1.54, 1.807) is 47.0 Å². The number of nitrogens with zero attached hydrogens (tertiary/aromatic N) is 2. The Hall–Kier alpha value is -3.43. The second-order valence-electron chi connectivity index (χ2n) is 8.37. The van der Waals surface area contributed by atoms with Crippen molar-refractivity contribution >= 4 is 28.6 Å². The third-order valence-electron chi connectivity index (χ3n) is 4.42. The van der Waals surface area contributed by atoms with Crippen LogP contribution >= 0.6 is 0 Å². The number of hydrogen-bond acceptors (Lipinski definition) is 6. The minimum atomic E-state index is -1.08. The van der Waals surface area contributed by atoms with E-state index in [-0.39, 0.29) is 29.5 Å². The van der Waals surface area contributed by atoms with E-state index in [1.807, 2.05) is 0 Å². The highest BCUT2D eigenvalue weighted by Gasteiger charge is 2.26. The van der Waals surface area contributed by atoms with Crippen molar-refractivity contribution in [2.75, 3.05) is 14.1 Å². The average molecular weight is 432 g/mol. The van der Waals surface area contributed by atoms with Gasteiger partial charge in [0.15, 0.2) is 5.78 Å². The molecule has 168 valence electrons. The van der Waals surface area contributed by atoms with E-state index < -0.39 is 41.2 Å². The van der Waals surface area contributed by atoms with E-state index >= 15 is 0 Å². The number of aromatic nitrogens is 2. The standard InChI is InChI=1S/C21H28N4O6/c1-21(2,3)31-20(30)22-15(10-11-17(27)24(4)5)16(26)12-25-19(29)14-9-7-6-8-13(14)18(28)23-25/h6-9,15H,10-12H2,1-5H3,(H,22,30)(H,23,28)/t15-/m0/s1. The summed E-state index contributed by atoms with van der Waals surface area (Å²) >= 11 is 0. The number of nitrogens with one attached hydrogen (secondary N) is 2. The van der Waals surface area contributed by atoms with Crippen molar-refractivity contribution in [3.8, 4) is 0 Å². The molecule has 1 aromatic heterocycles. The van der Waals surface area contributed by atoms with Crippen LogP contribution in [0.25, 0.3) is 10.8 Å². The van der Waals surface area contributed by atoms with Crippen LogP contribution in [0, 0.1) is 0 Å². The maximum atomic E-state index is 12.9. The van der Waals surface area contributed by atoms with Gasteiger partial charge < -0.3 is 15.0 Å². The van der Waals surface area contributed by atoms with Crippen LogP contribution in [-0.4, -0.2) is 58.2 Å². The van der Waals surface area contributed by atoms with Crippen LogP contribution < -0.4 is 16.4 Å². The molecule has 31 heavy (non-hydrogen) atoms. The first kappa shape index (κ1) is 23.8. The minimum Gasteiger partial charge on any atom is -0.444 e. The van der Waals surface area contributed by atoms with Crippen molar-refractivity contribution in [1.29, 1.82) is 0 Å². The van der Waals surface area contributed by atoms with Gasteiger partial charge in [0.1, 0.15) is 12.1 Å². The number of hydrogen-bond donors (Lipinski definition) is 2. The molecular formula is C21H28N4O6. The van der Waals surface area contributed by atoms with Crippen molar-refractivity contribution in [2.24, 2.45) is 0 Å². The Morgan fingerprint density at radius 3 is 2.32 bits per heavy atom. The van der Waals surface area contributed by atoms with Gasteiger partial charge in [-0.25, -0.2) is 9.48 Å². The van der Waals surface area contributed by atoms with Crippen LogP contribution in [0.2, 0.25) is 0 Å². The van der Waals surface area contributed by atoms with Crippen LogP contribution in [0.4, 0.5) is 4.79 Å². The first-order valence-electron chi connectivity index (χ1n) is 9.83. The topological polar surface area (TPSA) is 131 Å².